The van der Waals surface area contributed by atoms with Gasteiger partial charge in [0.1, 0.15) is 17.9 Å². The molecule has 0 radical (unpaired) electrons. The Balaban J connectivity index is 2.35. The summed E-state index contributed by atoms with van der Waals surface area (Å²) >= 11 is 5.78. The van der Waals surface area contributed by atoms with Gasteiger partial charge in [-0.15, -0.1) is 11.6 Å². The summed E-state index contributed by atoms with van der Waals surface area (Å²) in [7, 11) is 0. The summed E-state index contributed by atoms with van der Waals surface area (Å²) in [4.78, 5) is 19.5. The van der Waals surface area contributed by atoms with Crippen molar-refractivity contribution in [3.8, 4) is 0 Å². The standard InChI is InChI=1S/C12H15ClN4O2/c1-8-3-5-15-11-10(8)16-9(2-4-13)17(11)6-7-19-12(14)18/h3,5H,2,4,6-7H2,1H3,(H2,14,18). The van der Waals surface area contributed by atoms with Crippen LogP contribution in [0.4, 0.5) is 4.79 Å². The van der Waals surface area contributed by atoms with Gasteiger partial charge in [0.2, 0.25) is 0 Å². The average Bonchev–Trinajstić information content (AvgIpc) is 2.70. The molecule has 0 bridgehead atoms. The number of aromatic nitrogens is 3. The third-order valence-corrected chi connectivity index (χ3v) is 2.98. The van der Waals surface area contributed by atoms with Crippen molar-refractivity contribution in [1.29, 1.82) is 0 Å². The third kappa shape index (κ3) is 2.96. The van der Waals surface area contributed by atoms with Crippen LogP contribution in [0.5, 0.6) is 0 Å². The van der Waals surface area contributed by atoms with Gasteiger partial charge in [-0.1, -0.05) is 0 Å². The zero-order valence-corrected chi connectivity index (χ0v) is 11.4. The highest BCUT2D eigenvalue weighted by Crippen LogP contribution is 2.18. The van der Waals surface area contributed by atoms with Crippen LogP contribution < -0.4 is 5.73 Å². The molecule has 2 N–H and O–H groups in total. The summed E-state index contributed by atoms with van der Waals surface area (Å²) in [6.07, 6.45) is 1.58. The zero-order valence-electron chi connectivity index (χ0n) is 10.6. The number of nitrogens with two attached hydrogens (primary N) is 1. The lowest BCUT2D eigenvalue weighted by Gasteiger charge is -2.07. The van der Waals surface area contributed by atoms with Crippen LogP contribution in [-0.4, -0.2) is 33.1 Å². The van der Waals surface area contributed by atoms with Crippen LogP contribution >= 0.6 is 11.6 Å². The number of carbonyl (C=O) groups is 1. The lowest BCUT2D eigenvalue weighted by molar-refractivity contribution is 0.152. The molecule has 0 aliphatic carbocycles. The highest BCUT2D eigenvalue weighted by molar-refractivity contribution is 6.17. The van der Waals surface area contributed by atoms with Gasteiger partial charge in [0.15, 0.2) is 5.65 Å². The number of aryl methyl sites for hydroxylation is 2. The van der Waals surface area contributed by atoms with Crippen molar-refractivity contribution < 1.29 is 9.53 Å². The molecule has 0 aromatic carbocycles. The minimum Gasteiger partial charge on any atom is -0.448 e. The highest BCUT2D eigenvalue weighted by Gasteiger charge is 2.13. The molecule has 102 valence electrons. The molecule has 0 atom stereocenters. The Bertz CT molecular complexity index is 597. The molecule has 2 rings (SSSR count). The predicted octanol–water partition coefficient (Wildman–Crippen LogP) is 1.62. The lowest BCUT2D eigenvalue weighted by atomic mass is 10.3. The molecule has 0 saturated heterocycles. The second kappa shape index (κ2) is 5.88. The molecule has 0 fully saturated rings. The Kier molecular flexibility index (Phi) is 4.21. The minimum absolute atomic E-state index is 0.186. The van der Waals surface area contributed by atoms with Crippen molar-refractivity contribution >= 4 is 28.9 Å². The number of hydrogen-bond donors (Lipinski definition) is 1. The van der Waals surface area contributed by atoms with E-state index in [0.29, 0.717) is 18.8 Å². The van der Waals surface area contributed by atoms with Crippen LogP contribution in [-0.2, 0) is 17.7 Å². The van der Waals surface area contributed by atoms with E-state index in [2.05, 4.69) is 9.97 Å². The summed E-state index contributed by atoms with van der Waals surface area (Å²) in [6.45, 7) is 2.62. The second-order valence-corrected chi connectivity index (χ2v) is 4.46. The van der Waals surface area contributed by atoms with Gasteiger partial charge < -0.3 is 15.0 Å². The lowest BCUT2D eigenvalue weighted by Crippen LogP contribution is -2.18. The van der Waals surface area contributed by atoms with Crippen molar-refractivity contribution in [3.63, 3.8) is 0 Å². The van der Waals surface area contributed by atoms with Crippen molar-refractivity contribution in [2.75, 3.05) is 12.5 Å². The molecule has 19 heavy (non-hydrogen) atoms. The predicted molar refractivity (Wildman–Crippen MR) is 72.2 cm³/mol. The van der Waals surface area contributed by atoms with Crippen LogP contribution in [0.25, 0.3) is 11.2 Å². The molecule has 0 spiro atoms. The number of primary amides is 1. The number of pyridine rings is 1. The molecule has 0 unspecified atom stereocenters. The van der Waals surface area contributed by atoms with E-state index in [1.165, 1.54) is 0 Å². The summed E-state index contributed by atoms with van der Waals surface area (Å²) in [6, 6.07) is 1.91. The molecule has 1 amide bonds. The SMILES string of the molecule is Cc1ccnc2c1nc(CCCl)n2CCOC(N)=O. The van der Waals surface area contributed by atoms with Crippen LogP contribution in [0, 0.1) is 6.92 Å². The maximum Gasteiger partial charge on any atom is 0.404 e. The molecular formula is C12H15ClN4O2. The van der Waals surface area contributed by atoms with Crippen LogP contribution in [0.15, 0.2) is 12.3 Å². The van der Waals surface area contributed by atoms with Crippen LogP contribution in [0.2, 0.25) is 0 Å². The Morgan fingerprint density at radius 1 is 1.58 bits per heavy atom. The van der Waals surface area contributed by atoms with Gasteiger partial charge >= 0.3 is 6.09 Å². The number of imidazole rings is 1. The normalized spacial score (nSPS) is 10.8. The maximum atomic E-state index is 10.6. The number of rotatable bonds is 5. The van der Waals surface area contributed by atoms with Gasteiger partial charge in [-0.05, 0) is 18.6 Å². The molecule has 0 saturated carbocycles. The number of amides is 1. The van der Waals surface area contributed by atoms with Gasteiger partial charge in [0, 0.05) is 18.5 Å². The number of halogens is 1. The fraction of sp³-hybridized carbons (Fsp3) is 0.417. The molecule has 0 aliphatic rings. The van der Waals surface area contributed by atoms with Crippen molar-refractivity contribution in [2.24, 2.45) is 5.73 Å². The van der Waals surface area contributed by atoms with E-state index in [9.17, 15) is 4.79 Å². The molecule has 2 aromatic heterocycles. The number of ether oxygens (including phenoxy) is 1. The van der Waals surface area contributed by atoms with Gasteiger partial charge in [-0.25, -0.2) is 14.8 Å². The van der Waals surface area contributed by atoms with Gasteiger partial charge in [0.25, 0.3) is 0 Å². The fourth-order valence-corrected chi connectivity index (χ4v) is 2.10. The van der Waals surface area contributed by atoms with E-state index < -0.39 is 6.09 Å². The Morgan fingerprint density at radius 2 is 2.37 bits per heavy atom. The molecular weight excluding hydrogens is 268 g/mol. The van der Waals surface area contributed by atoms with E-state index in [1.54, 1.807) is 6.20 Å². The number of nitrogens with zero attached hydrogens (tertiary/aromatic N) is 3. The first-order valence-corrected chi connectivity index (χ1v) is 6.46. The van der Waals surface area contributed by atoms with Crippen LogP contribution in [0.3, 0.4) is 0 Å². The van der Waals surface area contributed by atoms with Crippen molar-refractivity contribution in [3.05, 3.63) is 23.7 Å². The Morgan fingerprint density at radius 3 is 3.05 bits per heavy atom. The van der Waals surface area contributed by atoms with Gasteiger partial charge in [0.05, 0.1) is 6.54 Å². The minimum atomic E-state index is -0.785. The number of hydrogen-bond acceptors (Lipinski definition) is 4. The molecule has 2 heterocycles. The van der Waals surface area contributed by atoms with E-state index >= 15 is 0 Å². The van der Waals surface area contributed by atoms with Crippen molar-refractivity contribution in [2.45, 2.75) is 19.9 Å². The fourth-order valence-electron chi connectivity index (χ4n) is 1.93. The Hall–Kier alpha value is -1.82. The number of alkyl halides is 1. The highest BCUT2D eigenvalue weighted by atomic mass is 35.5. The molecule has 7 heteroatoms. The van der Waals surface area contributed by atoms with Gasteiger partial charge in [-0.2, -0.15) is 0 Å². The summed E-state index contributed by atoms with van der Waals surface area (Å²) < 4.78 is 6.67. The first-order chi connectivity index (χ1) is 9.13. The summed E-state index contributed by atoms with van der Waals surface area (Å²) in [5.74, 6) is 1.30. The number of fused-ring (bicyclic) bond motifs is 1. The van der Waals surface area contributed by atoms with E-state index in [4.69, 9.17) is 22.1 Å². The quantitative estimate of drug-likeness (QED) is 0.845. The van der Waals surface area contributed by atoms with E-state index in [0.717, 1.165) is 22.6 Å². The first-order valence-electron chi connectivity index (χ1n) is 5.92. The van der Waals surface area contributed by atoms with Crippen molar-refractivity contribution in [1.82, 2.24) is 14.5 Å². The maximum absolute atomic E-state index is 10.6. The summed E-state index contributed by atoms with van der Waals surface area (Å²) in [5.41, 5.74) is 7.61. The largest absolute Gasteiger partial charge is 0.448 e. The van der Waals surface area contributed by atoms with Crippen LogP contribution in [0.1, 0.15) is 11.4 Å². The molecule has 2 aromatic rings. The molecule has 6 nitrogen and oxygen atoms in total. The monoisotopic (exact) mass is 282 g/mol. The average molecular weight is 283 g/mol. The summed E-state index contributed by atoms with van der Waals surface area (Å²) in [5, 5.41) is 0. The van der Waals surface area contributed by atoms with E-state index in [1.807, 2.05) is 17.6 Å². The molecule has 0 aliphatic heterocycles. The Labute approximate surface area is 115 Å². The smallest absolute Gasteiger partial charge is 0.404 e. The first kappa shape index (κ1) is 13.6. The zero-order chi connectivity index (χ0) is 13.8. The van der Waals surface area contributed by atoms with Gasteiger partial charge in [-0.3, -0.25) is 0 Å². The number of carbonyl (C=O) groups excluding carboxylic acids is 1. The third-order valence-electron chi connectivity index (χ3n) is 2.79. The van der Waals surface area contributed by atoms with E-state index in [-0.39, 0.29) is 6.61 Å². The topological polar surface area (TPSA) is 83.0 Å². The second-order valence-electron chi connectivity index (χ2n) is 4.09.